The first-order valence-electron chi connectivity index (χ1n) is 5.78. The summed E-state index contributed by atoms with van der Waals surface area (Å²) in [4.78, 5) is 0. The van der Waals surface area contributed by atoms with E-state index in [1.165, 1.54) is 12.1 Å². The van der Waals surface area contributed by atoms with Crippen LogP contribution in [0, 0.1) is 17.1 Å². The van der Waals surface area contributed by atoms with Crippen LogP contribution in [0.15, 0.2) is 42.5 Å². The topological polar surface area (TPSA) is 45.0 Å². The van der Waals surface area contributed by atoms with Gasteiger partial charge in [0.1, 0.15) is 11.9 Å². The van der Waals surface area contributed by atoms with Crippen LogP contribution in [0.1, 0.15) is 11.1 Å². The first-order valence-corrected chi connectivity index (χ1v) is 5.78. The normalized spacial score (nSPS) is 9.95. The predicted molar refractivity (Wildman–Crippen MR) is 71.6 cm³/mol. The number of hydrogen-bond donors (Lipinski definition) is 1. The molecule has 0 fully saturated rings. The minimum atomic E-state index is -0.424. The highest BCUT2D eigenvalue weighted by Crippen LogP contribution is 2.24. The Morgan fingerprint density at radius 1 is 1.21 bits per heavy atom. The number of halogens is 1. The van der Waals surface area contributed by atoms with Crippen LogP contribution in [0.5, 0.6) is 0 Å². The van der Waals surface area contributed by atoms with Crippen LogP contribution >= 0.6 is 0 Å². The molecule has 0 radical (unpaired) electrons. The number of hydrogen-bond acceptors (Lipinski definition) is 3. The third-order valence-corrected chi connectivity index (χ3v) is 2.69. The molecule has 0 aromatic heterocycles. The summed E-state index contributed by atoms with van der Waals surface area (Å²) in [5, 5.41) is 12.1. The molecule has 19 heavy (non-hydrogen) atoms. The van der Waals surface area contributed by atoms with E-state index in [9.17, 15) is 4.39 Å². The van der Waals surface area contributed by atoms with E-state index in [1.807, 2.05) is 30.3 Å². The Hall–Kier alpha value is -2.38. The molecule has 0 amide bonds. The van der Waals surface area contributed by atoms with Gasteiger partial charge in [-0.15, -0.1) is 0 Å². The average molecular weight is 256 g/mol. The summed E-state index contributed by atoms with van der Waals surface area (Å²) in [6.07, 6.45) is 0. The average Bonchev–Trinajstić information content (AvgIpc) is 2.43. The lowest BCUT2D eigenvalue weighted by atomic mass is 10.1. The Kier molecular flexibility index (Phi) is 4.11. The van der Waals surface area contributed by atoms with Crippen molar-refractivity contribution < 1.29 is 9.13 Å². The standard InChI is InChI=1S/C15H13FN2O/c1-19-10-11-4-2-3-5-14(11)18-15-7-6-13(16)8-12(15)9-17/h2-8,18H,10H2,1H3. The molecule has 0 bridgehead atoms. The van der Waals surface area contributed by atoms with Crippen molar-refractivity contribution >= 4 is 11.4 Å². The predicted octanol–water partition coefficient (Wildman–Crippen LogP) is 3.59. The Morgan fingerprint density at radius 2 is 2.00 bits per heavy atom. The van der Waals surface area contributed by atoms with Gasteiger partial charge in [0.2, 0.25) is 0 Å². The second-order valence-electron chi connectivity index (χ2n) is 4.02. The molecule has 2 rings (SSSR count). The molecule has 0 saturated carbocycles. The fraction of sp³-hybridized carbons (Fsp3) is 0.133. The van der Waals surface area contributed by atoms with E-state index in [1.54, 1.807) is 13.2 Å². The van der Waals surface area contributed by atoms with Gasteiger partial charge in [0.15, 0.2) is 0 Å². The Labute approximate surface area is 111 Å². The van der Waals surface area contributed by atoms with Crippen LogP contribution in [0.3, 0.4) is 0 Å². The summed E-state index contributed by atoms with van der Waals surface area (Å²) >= 11 is 0. The molecule has 2 aromatic rings. The molecule has 96 valence electrons. The molecule has 0 atom stereocenters. The number of ether oxygens (including phenoxy) is 1. The number of benzene rings is 2. The van der Waals surface area contributed by atoms with Crippen LogP contribution < -0.4 is 5.32 Å². The van der Waals surface area contributed by atoms with Gasteiger partial charge in [-0.25, -0.2) is 4.39 Å². The van der Waals surface area contributed by atoms with Gasteiger partial charge >= 0.3 is 0 Å². The lowest BCUT2D eigenvalue weighted by Crippen LogP contribution is -1.99. The van der Waals surface area contributed by atoms with Crippen LogP contribution in [0.2, 0.25) is 0 Å². The molecule has 0 unspecified atom stereocenters. The maximum absolute atomic E-state index is 13.1. The smallest absolute Gasteiger partial charge is 0.124 e. The van der Waals surface area contributed by atoms with E-state index < -0.39 is 5.82 Å². The number of para-hydroxylation sites is 1. The van der Waals surface area contributed by atoms with E-state index in [4.69, 9.17) is 10.00 Å². The van der Waals surface area contributed by atoms with E-state index >= 15 is 0 Å². The zero-order chi connectivity index (χ0) is 13.7. The van der Waals surface area contributed by atoms with Gasteiger partial charge in [0, 0.05) is 18.4 Å². The number of methoxy groups -OCH3 is 1. The van der Waals surface area contributed by atoms with Gasteiger partial charge in [0.05, 0.1) is 17.9 Å². The maximum Gasteiger partial charge on any atom is 0.124 e. The number of nitrogens with zero attached hydrogens (tertiary/aromatic N) is 1. The zero-order valence-corrected chi connectivity index (χ0v) is 10.5. The minimum absolute atomic E-state index is 0.271. The molecule has 0 aliphatic carbocycles. The minimum Gasteiger partial charge on any atom is -0.380 e. The molecular formula is C15H13FN2O. The fourth-order valence-electron chi connectivity index (χ4n) is 1.79. The van der Waals surface area contributed by atoms with Crippen molar-refractivity contribution in [3.05, 3.63) is 59.4 Å². The van der Waals surface area contributed by atoms with E-state index in [2.05, 4.69) is 5.32 Å². The van der Waals surface area contributed by atoms with Crippen molar-refractivity contribution in [1.29, 1.82) is 5.26 Å². The molecule has 3 nitrogen and oxygen atoms in total. The molecule has 0 aliphatic heterocycles. The molecule has 4 heteroatoms. The van der Waals surface area contributed by atoms with Gasteiger partial charge < -0.3 is 10.1 Å². The summed E-state index contributed by atoms with van der Waals surface area (Å²) in [7, 11) is 1.62. The van der Waals surface area contributed by atoms with Gasteiger partial charge in [-0.1, -0.05) is 18.2 Å². The Morgan fingerprint density at radius 3 is 2.74 bits per heavy atom. The highest BCUT2D eigenvalue weighted by Gasteiger charge is 2.06. The van der Waals surface area contributed by atoms with Crippen LogP contribution in [-0.2, 0) is 11.3 Å². The van der Waals surface area contributed by atoms with Crippen molar-refractivity contribution in [2.45, 2.75) is 6.61 Å². The van der Waals surface area contributed by atoms with Crippen LogP contribution in [0.25, 0.3) is 0 Å². The van der Waals surface area contributed by atoms with Crippen molar-refractivity contribution in [3.63, 3.8) is 0 Å². The SMILES string of the molecule is COCc1ccccc1Nc1ccc(F)cc1C#N. The first kappa shape index (κ1) is 13.1. The molecular weight excluding hydrogens is 243 g/mol. The lowest BCUT2D eigenvalue weighted by Gasteiger charge is -2.12. The zero-order valence-electron chi connectivity index (χ0n) is 10.5. The third kappa shape index (κ3) is 3.09. The molecule has 0 spiro atoms. The van der Waals surface area contributed by atoms with Gasteiger partial charge in [-0.2, -0.15) is 5.26 Å². The van der Waals surface area contributed by atoms with E-state index in [0.717, 1.165) is 11.3 Å². The molecule has 2 aromatic carbocycles. The molecule has 1 N–H and O–H groups in total. The van der Waals surface area contributed by atoms with Crippen molar-refractivity contribution in [3.8, 4) is 6.07 Å². The third-order valence-electron chi connectivity index (χ3n) is 2.69. The highest BCUT2D eigenvalue weighted by atomic mass is 19.1. The van der Waals surface area contributed by atoms with Gasteiger partial charge in [-0.05, 0) is 24.3 Å². The van der Waals surface area contributed by atoms with Crippen LogP contribution in [-0.4, -0.2) is 7.11 Å². The van der Waals surface area contributed by atoms with Gasteiger partial charge in [-0.3, -0.25) is 0 Å². The van der Waals surface area contributed by atoms with Crippen molar-refractivity contribution in [1.82, 2.24) is 0 Å². The Bertz CT molecular complexity index is 620. The largest absolute Gasteiger partial charge is 0.380 e. The quantitative estimate of drug-likeness (QED) is 0.909. The van der Waals surface area contributed by atoms with E-state index in [-0.39, 0.29) is 5.56 Å². The Balaban J connectivity index is 2.34. The molecule has 0 saturated heterocycles. The van der Waals surface area contributed by atoms with Crippen molar-refractivity contribution in [2.24, 2.45) is 0 Å². The monoisotopic (exact) mass is 256 g/mol. The number of anilines is 2. The summed E-state index contributed by atoms with van der Waals surface area (Å²) in [6.45, 7) is 0.465. The summed E-state index contributed by atoms with van der Waals surface area (Å²) in [5.74, 6) is -0.424. The van der Waals surface area contributed by atoms with Crippen LogP contribution in [0.4, 0.5) is 15.8 Å². The first-order chi connectivity index (χ1) is 9.24. The summed E-state index contributed by atoms with van der Waals surface area (Å²) in [5.41, 5.74) is 2.66. The maximum atomic E-state index is 13.1. The molecule has 0 aliphatic rings. The second-order valence-corrected chi connectivity index (χ2v) is 4.02. The van der Waals surface area contributed by atoms with Gasteiger partial charge in [0.25, 0.3) is 0 Å². The molecule has 0 heterocycles. The second kappa shape index (κ2) is 5.98. The number of nitrogens with one attached hydrogen (secondary N) is 1. The fourth-order valence-corrected chi connectivity index (χ4v) is 1.79. The number of nitriles is 1. The lowest BCUT2D eigenvalue weighted by molar-refractivity contribution is 0.185. The van der Waals surface area contributed by atoms with E-state index in [0.29, 0.717) is 12.3 Å². The number of rotatable bonds is 4. The highest BCUT2D eigenvalue weighted by molar-refractivity contribution is 5.68. The summed E-state index contributed by atoms with van der Waals surface area (Å²) < 4.78 is 18.2. The summed E-state index contributed by atoms with van der Waals surface area (Å²) in [6, 6.07) is 13.7. The van der Waals surface area contributed by atoms with Crippen molar-refractivity contribution in [2.75, 3.05) is 12.4 Å².